The maximum atomic E-state index is 12.5. The summed E-state index contributed by atoms with van der Waals surface area (Å²) in [6, 6.07) is 4.10. The minimum absolute atomic E-state index is 0.0812. The van der Waals surface area contributed by atoms with Crippen molar-refractivity contribution in [2.24, 2.45) is 0 Å². The van der Waals surface area contributed by atoms with Gasteiger partial charge >= 0.3 is 0 Å². The number of aliphatic hydroxyl groups excluding tert-OH is 1. The predicted molar refractivity (Wildman–Crippen MR) is 92.8 cm³/mol. The fraction of sp³-hybridized carbons (Fsp3) is 0.529. The molecule has 1 amide bonds. The van der Waals surface area contributed by atoms with E-state index in [2.05, 4.69) is 16.8 Å². The SMILES string of the molecule is CCC(CO)N1CCN(C(=O)Cc2coc(-c3cccs3)n2)CC1. The number of carbonyl (C=O) groups is 1. The Bertz CT molecular complexity index is 644. The average Bonchev–Trinajstić information content (AvgIpc) is 3.28. The number of hydrogen-bond acceptors (Lipinski definition) is 6. The molecule has 1 unspecified atom stereocenters. The van der Waals surface area contributed by atoms with Crippen molar-refractivity contribution in [3.05, 3.63) is 29.5 Å². The lowest BCUT2D eigenvalue weighted by Gasteiger charge is -2.38. The van der Waals surface area contributed by atoms with Crippen LogP contribution in [0.2, 0.25) is 0 Å². The van der Waals surface area contributed by atoms with E-state index < -0.39 is 0 Å². The highest BCUT2D eigenvalue weighted by Crippen LogP contribution is 2.24. The summed E-state index contributed by atoms with van der Waals surface area (Å²) in [5.74, 6) is 0.657. The Morgan fingerprint density at radius 3 is 2.83 bits per heavy atom. The standard InChI is InChI=1S/C17H23N3O3S/c1-2-14(11-21)19-5-7-20(8-6-19)16(22)10-13-12-23-17(18-13)15-4-3-9-24-15/h3-4,9,12,14,21H,2,5-8,10-11H2,1H3. The molecule has 0 aromatic carbocycles. The van der Waals surface area contributed by atoms with Crippen molar-refractivity contribution in [2.45, 2.75) is 25.8 Å². The van der Waals surface area contributed by atoms with Crippen molar-refractivity contribution in [2.75, 3.05) is 32.8 Å². The molecule has 1 fully saturated rings. The third-order valence-corrected chi connectivity index (χ3v) is 5.34. The number of aliphatic hydroxyl groups is 1. The third kappa shape index (κ3) is 3.85. The van der Waals surface area contributed by atoms with Gasteiger partial charge in [-0.05, 0) is 17.9 Å². The fourth-order valence-electron chi connectivity index (χ4n) is 3.01. The van der Waals surface area contributed by atoms with Gasteiger partial charge in [0.15, 0.2) is 0 Å². The highest BCUT2D eigenvalue weighted by Gasteiger charge is 2.25. The van der Waals surface area contributed by atoms with Crippen molar-refractivity contribution in [1.29, 1.82) is 0 Å². The van der Waals surface area contributed by atoms with Gasteiger partial charge in [0.1, 0.15) is 6.26 Å². The van der Waals surface area contributed by atoms with Gasteiger partial charge in [0, 0.05) is 32.2 Å². The molecule has 7 heteroatoms. The van der Waals surface area contributed by atoms with Crippen LogP contribution in [0.1, 0.15) is 19.0 Å². The molecular formula is C17H23N3O3S. The molecule has 1 atom stereocenters. The van der Waals surface area contributed by atoms with Gasteiger partial charge in [-0.2, -0.15) is 0 Å². The van der Waals surface area contributed by atoms with E-state index >= 15 is 0 Å². The van der Waals surface area contributed by atoms with Crippen molar-refractivity contribution < 1.29 is 14.3 Å². The lowest BCUT2D eigenvalue weighted by atomic mass is 10.1. The molecule has 3 rings (SSSR count). The number of aromatic nitrogens is 1. The summed E-state index contributed by atoms with van der Waals surface area (Å²) in [4.78, 5) is 22.0. The second kappa shape index (κ2) is 7.92. The Labute approximate surface area is 145 Å². The fourth-order valence-corrected chi connectivity index (χ4v) is 3.66. The Kier molecular flexibility index (Phi) is 5.65. The summed E-state index contributed by atoms with van der Waals surface area (Å²) >= 11 is 1.57. The normalized spacial score (nSPS) is 17.2. The lowest BCUT2D eigenvalue weighted by molar-refractivity contribution is -0.132. The lowest BCUT2D eigenvalue weighted by Crippen LogP contribution is -2.53. The van der Waals surface area contributed by atoms with Crippen LogP contribution < -0.4 is 0 Å². The Hall–Kier alpha value is -1.70. The summed E-state index contributed by atoms with van der Waals surface area (Å²) in [6.07, 6.45) is 2.77. The number of oxazole rings is 1. The molecule has 2 aromatic heterocycles. The molecule has 0 bridgehead atoms. The molecule has 3 heterocycles. The first-order valence-corrected chi connectivity index (χ1v) is 9.20. The molecular weight excluding hydrogens is 326 g/mol. The van der Waals surface area contributed by atoms with E-state index in [1.54, 1.807) is 17.6 Å². The number of hydrogen-bond donors (Lipinski definition) is 1. The Morgan fingerprint density at radius 2 is 2.21 bits per heavy atom. The molecule has 0 radical (unpaired) electrons. The molecule has 130 valence electrons. The largest absolute Gasteiger partial charge is 0.444 e. The molecule has 0 saturated carbocycles. The van der Waals surface area contributed by atoms with E-state index in [0.29, 0.717) is 24.7 Å². The average molecular weight is 349 g/mol. The zero-order valence-corrected chi connectivity index (χ0v) is 14.7. The second-order valence-corrected chi connectivity index (χ2v) is 6.91. The molecule has 0 aliphatic carbocycles. The summed E-state index contributed by atoms with van der Waals surface area (Å²) < 4.78 is 5.47. The maximum absolute atomic E-state index is 12.5. The number of rotatable bonds is 6. The minimum atomic E-state index is 0.0812. The van der Waals surface area contributed by atoms with Gasteiger partial charge < -0.3 is 14.4 Å². The maximum Gasteiger partial charge on any atom is 0.236 e. The van der Waals surface area contributed by atoms with E-state index in [0.717, 1.165) is 24.4 Å². The van der Waals surface area contributed by atoms with Crippen LogP contribution in [0, 0.1) is 0 Å². The highest BCUT2D eigenvalue weighted by atomic mass is 32.1. The summed E-state index contributed by atoms with van der Waals surface area (Å²) in [5.41, 5.74) is 0.674. The number of nitrogens with zero attached hydrogens (tertiary/aromatic N) is 3. The van der Waals surface area contributed by atoms with Crippen molar-refractivity contribution in [3.8, 4) is 10.8 Å². The zero-order chi connectivity index (χ0) is 16.9. The number of amides is 1. The zero-order valence-electron chi connectivity index (χ0n) is 13.9. The van der Waals surface area contributed by atoms with Gasteiger partial charge in [-0.1, -0.05) is 13.0 Å². The molecule has 1 aliphatic rings. The molecule has 1 saturated heterocycles. The van der Waals surface area contributed by atoms with Gasteiger partial charge in [0.25, 0.3) is 0 Å². The topological polar surface area (TPSA) is 69.8 Å². The van der Waals surface area contributed by atoms with Crippen LogP contribution in [-0.2, 0) is 11.2 Å². The number of thiophene rings is 1. The van der Waals surface area contributed by atoms with Crippen LogP contribution in [-0.4, -0.2) is 64.6 Å². The summed E-state index contributed by atoms with van der Waals surface area (Å²) in [6.45, 7) is 5.27. The van der Waals surface area contributed by atoms with E-state index in [4.69, 9.17) is 4.42 Å². The monoisotopic (exact) mass is 349 g/mol. The van der Waals surface area contributed by atoms with E-state index in [1.807, 2.05) is 22.4 Å². The Balaban J connectivity index is 1.53. The second-order valence-electron chi connectivity index (χ2n) is 5.96. The third-order valence-electron chi connectivity index (χ3n) is 4.48. The molecule has 6 nitrogen and oxygen atoms in total. The first-order valence-electron chi connectivity index (χ1n) is 8.32. The van der Waals surface area contributed by atoms with Crippen molar-refractivity contribution in [3.63, 3.8) is 0 Å². The van der Waals surface area contributed by atoms with E-state index in [1.165, 1.54) is 0 Å². The van der Waals surface area contributed by atoms with Crippen molar-refractivity contribution in [1.82, 2.24) is 14.8 Å². The van der Waals surface area contributed by atoms with Gasteiger partial charge in [0.2, 0.25) is 11.8 Å². The quantitative estimate of drug-likeness (QED) is 0.862. The van der Waals surface area contributed by atoms with Crippen LogP contribution in [0.3, 0.4) is 0 Å². The van der Waals surface area contributed by atoms with E-state index in [9.17, 15) is 9.90 Å². The predicted octanol–water partition coefficient (Wildman–Crippen LogP) is 1.86. The first kappa shape index (κ1) is 17.1. The molecule has 2 aromatic rings. The molecule has 1 aliphatic heterocycles. The molecule has 1 N–H and O–H groups in total. The van der Waals surface area contributed by atoms with Crippen LogP contribution in [0.5, 0.6) is 0 Å². The van der Waals surface area contributed by atoms with Crippen LogP contribution in [0.15, 0.2) is 28.2 Å². The number of piperazine rings is 1. The van der Waals surface area contributed by atoms with Gasteiger partial charge in [0.05, 0.1) is 23.6 Å². The van der Waals surface area contributed by atoms with Crippen LogP contribution in [0.4, 0.5) is 0 Å². The smallest absolute Gasteiger partial charge is 0.236 e. The van der Waals surface area contributed by atoms with Crippen LogP contribution in [0.25, 0.3) is 10.8 Å². The summed E-state index contributed by atoms with van der Waals surface area (Å²) in [5, 5.41) is 11.4. The minimum Gasteiger partial charge on any atom is -0.444 e. The Morgan fingerprint density at radius 1 is 1.42 bits per heavy atom. The van der Waals surface area contributed by atoms with Gasteiger partial charge in [-0.15, -0.1) is 11.3 Å². The summed E-state index contributed by atoms with van der Waals surface area (Å²) in [7, 11) is 0. The van der Waals surface area contributed by atoms with Gasteiger partial charge in [-0.3, -0.25) is 9.69 Å². The molecule has 24 heavy (non-hydrogen) atoms. The van der Waals surface area contributed by atoms with Crippen molar-refractivity contribution >= 4 is 17.2 Å². The van der Waals surface area contributed by atoms with Crippen LogP contribution >= 0.6 is 11.3 Å². The highest BCUT2D eigenvalue weighted by molar-refractivity contribution is 7.13. The molecule has 0 spiro atoms. The first-order chi connectivity index (χ1) is 11.7. The van der Waals surface area contributed by atoms with Gasteiger partial charge in [-0.25, -0.2) is 4.98 Å². The number of carbonyl (C=O) groups excluding carboxylic acids is 1. The van der Waals surface area contributed by atoms with E-state index in [-0.39, 0.29) is 25.0 Å².